The Morgan fingerprint density at radius 1 is 1.40 bits per heavy atom. The van der Waals surface area contributed by atoms with Gasteiger partial charge >= 0.3 is 5.97 Å². The quantitative estimate of drug-likeness (QED) is 0.873. The van der Waals surface area contributed by atoms with E-state index in [9.17, 15) is 9.59 Å². The summed E-state index contributed by atoms with van der Waals surface area (Å²) >= 11 is 0. The average molecular weight is 277 g/mol. The van der Waals surface area contributed by atoms with Gasteiger partial charge in [0.1, 0.15) is 6.54 Å². The van der Waals surface area contributed by atoms with Crippen LogP contribution >= 0.6 is 0 Å². The van der Waals surface area contributed by atoms with Crippen LogP contribution in [0.1, 0.15) is 17.5 Å². The molecule has 0 saturated carbocycles. The molecule has 0 unspecified atom stereocenters. The van der Waals surface area contributed by atoms with Gasteiger partial charge in [-0.15, -0.1) is 0 Å². The smallest absolute Gasteiger partial charge is 0.323 e. The van der Waals surface area contributed by atoms with E-state index in [0.29, 0.717) is 24.5 Å². The molecule has 2 aliphatic rings. The highest BCUT2D eigenvalue weighted by molar-refractivity contribution is 6.08. The van der Waals surface area contributed by atoms with Crippen molar-refractivity contribution in [3.05, 3.63) is 29.3 Å². The Hall–Kier alpha value is -1.92. The van der Waals surface area contributed by atoms with Gasteiger partial charge in [-0.2, -0.15) is 0 Å². The number of carboxylic acid groups (broad SMARTS) is 1. The third-order valence-corrected chi connectivity index (χ3v) is 3.52. The summed E-state index contributed by atoms with van der Waals surface area (Å²) in [5.74, 6) is -2.99. The molecule has 1 aromatic carbocycles. The molecular formula is C14H15NO5. The first kappa shape index (κ1) is 13.1. The van der Waals surface area contributed by atoms with Crippen LogP contribution in [0.4, 0.5) is 5.69 Å². The number of nitrogens with zero attached hydrogens (tertiary/aromatic N) is 1. The molecule has 0 bridgehead atoms. The minimum Gasteiger partial charge on any atom is -0.480 e. The van der Waals surface area contributed by atoms with Gasteiger partial charge in [0.25, 0.3) is 11.7 Å². The fourth-order valence-corrected chi connectivity index (χ4v) is 2.65. The Labute approximate surface area is 115 Å². The standard InChI is InChI=1S/C14H15NO5/c1-9-3-4-11-10(7-9)14(19-5-2-6-20-14)13(18)15(11)8-12(16)17/h3-4,7H,2,5-6,8H2,1H3,(H,16,17). The summed E-state index contributed by atoms with van der Waals surface area (Å²) in [6.45, 7) is 2.34. The van der Waals surface area contributed by atoms with Gasteiger partial charge < -0.3 is 14.6 Å². The van der Waals surface area contributed by atoms with Crippen LogP contribution in [0.25, 0.3) is 0 Å². The van der Waals surface area contributed by atoms with Crippen LogP contribution in [-0.4, -0.2) is 36.7 Å². The van der Waals surface area contributed by atoms with E-state index in [1.165, 1.54) is 4.90 Å². The largest absolute Gasteiger partial charge is 0.480 e. The van der Waals surface area contributed by atoms with Gasteiger partial charge in [-0.05, 0) is 25.5 Å². The zero-order valence-corrected chi connectivity index (χ0v) is 11.1. The summed E-state index contributed by atoms with van der Waals surface area (Å²) in [7, 11) is 0. The van der Waals surface area contributed by atoms with Crippen molar-refractivity contribution in [1.29, 1.82) is 0 Å². The summed E-state index contributed by atoms with van der Waals surface area (Å²) in [6.07, 6.45) is 0.717. The molecule has 20 heavy (non-hydrogen) atoms. The number of fused-ring (bicyclic) bond motifs is 2. The number of aliphatic carboxylic acids is 1. The summed E-state index contributed by atoms with van der Waals surface area (Å²) in [5.41, 5.74) is 2.11. The lowest BCUT2D eigenvalue weighted by Crippen LogP contribution is -2.48. The van der Waals surface area contributed by atoms with E-state index < -0.39 is 24.2 Å². The van der Waals surface area contributed by atoms with Crippen molar-refractivity contribution in [1.82, 2.24) is 0 Å². The van der Waals surface area contributed by atoms with E-state index in [1.807, 2.05) is 19.1 Å². The fourth-order valence-electron chi connectivity index (χ4n) is 2.65. The van der Waals surface area contributed by atoms with Gasteiger partial charge in [0.05, 0.1) is 18.9 Å². The number of hydrogen-bond donors (Lipinski definition) is 1. The van der Waals surface area contributed by atoms with Crippen molar-refractivity contribution in [3.63, 3.8) is 0 Å². The van der Waals surface area contributed by atoms with Crippen LogP contribution in [0.15, 0.2) is 18.2 Å². The maximum absolute atomic E-state index is 12.6. The Morgan fingerprint density at radius 3 is 2.75 bits per heavy atom. The molecule has 6 nitrogen and oxygen atoms in total. The molecule has 0 aliphatic carbocycles. The van der Waals surface area contributed by atoms with Crippen LogP contribution in [0.3, 0.4) is 0 Å². The highest BCUT2D eigenvalue weighted by atomic mass is 16.7. The van der Waals surface area contributed by atoms with Crippen molar-refractivity contribution in [2.45, 2.75) is 19.1 Å². The Balaban J connectivity index is 2.12. The van der Waals surface area contributed by atoms with E-state index in [1.54, 1.807) is 6.07 Å². The van der Waals surface area contributed by atoms with Crippen molar-refractivity contribution in [2.75, 3.05) is 24.7 Å². The van der Waals surface area contributed by atoms with Gasteiger partial charge in [-0.25, -0.2) is 0 Å². The summed E-state index contributed by atoms with van der Waals surface area (Å²) < 4.78 is 11.3. The van der Waals surface area contributed by atoms with Crippen LogP contribution in [0.2, 0.25) is 0 Å². The maximum Gasteiger partial charge on any atom is 0.323 e. The van der Waals surface area contributed by atoms with Crippen molar-refractivity contribution < 1.29 is 24.2 Å². The van der Waals surface area contributed by atoms with Crippen LogP contribution in [0, 0.1) is 6.92 Å². The fraction of sp³-hybridized carbons (Fsp3) is 0.429. The topological polar surface area (TPSA) is 76.1 Å². The Bertz CT molecular complexity index is 577. The second kappa shape index (κ2) is 4.57. The third kappa shape index (κ3) is 1.80. The van der Waals surface area contributed by atoms with Crippen LogP contribution in [-0.2, 0) is 24.8 Å². The molecule has 1 N–H and O–H groups in total. The predicted octanol–water partition coefficient (Wildman–Crippen LogP) is 1.02. The van der Waals surface area contributed by atoms with Gasteiger partial charge in [0.15, 0.2) is 0 Å². The minimum atomic E-state index is -1.46. The van der Waals surface area contributed by atoms with Crippen molar-refractivity contribution >= 4 is 17.6 Å². The highest BCUT2D eigenvalue weighted by Gasteiger charge is 2.55. The molecule has 0 radical (unpaired) electrons. The molecule has 0 aromatic heterocycles. The number of carbonyl (C=O) groups excluding carboxylic acids is 1. The normalized spacial score (nSPS) is 20.2. The van der Waals surface area contributed by atoms with E-state index >= 15 is 0 Å². The molecule has 2 heterocycles. The minimum absolute atomic E-state index is 0.399. The number of anilines is 1. The lowest BCUT2D eigenvalue weighted by Gasteiger charge is -2.32. The lowest BCUT2D eigenvalue weighted by atomic mass is 10.0. The number of aryl methyl sites for hydroxylation is 1. The highest BCUT2D eigenvalue weighted by Crippen LogP contribution is 2.45. The molecule has 1 saturated heterocycles. The molecule has 1 aromatic rings. The first-order valence-corrected chi connectivity index (χ1v) is 6.47. The molecular weight excluding hydrogens is 262 g/mol. The number of carboxylic acids is 1. The van der Waals surface area contributed by atoms with E-state index in [4.69, 9.17) is 14.6 Å². The lowest BCUT2D eigenvalue weighted by molar-refractivity contribution is -0.256. The monoisotopic (exact) mass is 277 g/mol. The number of carbonyl (C=O) groups is 2. The molecule has 3 rings (SSSR count). The summed E-state index contributed by atoms with van der Waals surface area (Å²) in [4.78, 5) is 24.8. The number of ether oxygens (including phenoxy) is 2. The molecule has 1 fully saturated rings. The third-order valence-electron chi connectivity index (χ3n) is 3.52. The van der Waals surface area contributed by atoms with Gasteiger partial charge in [-0.3, -0.25) is 14.5 Å². The second-order valence-corrected chi connectivity index (χ2v) is 4.97. The molecule has 106 valence electrons. The SMILES string of the molecule is Cc1ccc2c(c1)C1(OCCCO1)C(=O)N2CC(=O)O. The van der Waals surface area contributed by atoms with Crippen LogP contribution < -0.4 is 4.90 Å². The molecule has 1 spiro atoms. The predicted molar refractivity (Wildman–Crippen MR) is 69.4 cm³/mol. The van der Waals surface area contributed by atoms with E-state index in [-0.39, 0.29) is 0 Å². The molecule has 6 heteroatoms. The zero-order valence-electron chi connectivity index (χ0n) is 11.1. The molecule has 0 atom stereocenters. The number of benzene rings is 1. The number of rotatable bonds is 2. The van der Waals surface area contributed by atoms with E-state index in [2.05, 4.69) is 0 Å². The van der Waals surface area contributed by atoms with Crippen LogP contribution in [0.5, 0.6) is 0 Å². The first-order valence-electron chi connectivity index (χ1n) is 6.47. The Kier molecular flexibility index (Phi) is 2.99. The summed E-state index contributed by atoms with van der Waals surface area (Å²) in [5, 5.41) is 8.98. The second-order valence-electron chi connectivity index (χ2n) is 4.97. The first-order chi connectivity index (χ1) is 9.54. The van der Waals surface area contributed by atoms with Crippen molar-refractivity contribution in [3.8, 4) is 0 Å². The number of amides is 1. The maximum atomic E-state index is 12.6. The summed E-state index contributed by atoms with van der Waals surface area (Å²) in [6, 6.07) is 5.39. The van der Waals surface area contributed by atoms with Gasteiger partial charge in [-0.1, -0.05) is 11.6 Å². The van der Waals surface area contributed by atoms with E-state index in [0.717, 1.165) is 12.0 Å². The average Bonchev–Trinajstić information content (AvgIpc) is 2.63. The van der Waals surface area contributed by atoms with Crippen molar-refractivity contribution in [2.24, 2.45) is 0 Å². The molecule has 2 aliphatic heterocycles. The van der Waals surface area contributed by atoms with Gasteiger partial charge in [0, 0.05) is 5.56 Å². The number of hydrogen-bond acceptors (Lipinski definition) is 4. The molecule has 1 amide bonds. The zero-order chi connectivity index (χ0) is 14.3. The van der Waals surface area contributed by atoms with Gasteiger partial charge in [0.2, 0.25) is 0 Å². The Morgan fingerprint density at radius 2 is 2.10 bits per heavy atom.